The number of ether oxygens (including phenoxy) is 1. The molecule has 0 aromatic heterocycles. The Morgan fingerprint density at radius 1 is 1.07 bits per heavy atom. The Kier molecular flexibility index (Phi) is 6.49. The number of rotatable bonds is 8. The Labute approximate surface area is 156 Å². The van der Waals surface area contributed by atoms with Crippen LogP contribution in [0.4, 0.5) is 0 Å². The number of carboxylic acid groups (broad SMARTS) is 1. The van der Waals surface area contributed by atoms with Crippen molar-refractivity contribution in [1.82, 2.24) is 0 Å². The van der Waals surface area contributed by atoms with Crippen molar-refractivity contribution in [3.63, 3.8) is 0 Å². The predicted molar refractivity (Wildman–Crippen MR) is 99.0 cm³/mol. The average molecular weight is 368 g/mol. The first kappa shape index (κ1) is 19.9. The second kappa shape index (κ2) is 8.80. The summed E-state index contributed by atoms with van der Waals surface area (Å²) < 4.78 is 5.01. The minimum absolute atomic E-state index is 0.0556. The minimum atomic E-state index is -1.26. The highest BCUT2D eigenvalue weighted by atomic mass is 16.5. The highest BCUT2D eigenvalue weighted by Crippen LogP contribution is 2.28. The molecule has 0 bridgehead atoms. The van der Waals surface area contributed by atoms with E-state index in [0.717, 1.165) is 0 Å². The molecule has 0 radical (unpaired) electrons. The fraction of sp³-hybridized carbons (Fsp3) is 0.190. The standard InChI is InChI=1S/C21H20O6/c1-13(2)21(26)27-12-6-9-15-17(22)11-10-16(20(24)25)18(15)19(23)14-7-4-3-5-8-14/h3-5,7-8,10-11,22H,1,6,9,12H2,2H3,(H,24,25). The topological polar surface area (TPSA) is 101 Å². The van der Waals surface area contributed by atoms with Crippen LogP contribution in [0.1, 0.15) is 45.2 Å². The van der Waals surface area contributed by atoms with Gasteiger partial charge >= 0.3 is 11.9 Å². The van der Waals surface area contributed by atoms with E-state index in [1.54, 1.807) is 30.3 Å². The smallest absolute Gasteiger partial charge is 0.336 e. The zero-order chi connectivity index (χ0) is 20.0. The van der Waals surface area contributed by atoms with E-state index in [0.29, 0.717) is 12.0 Å². The maximum absolute atomic E-state index is 12.9. The number of carbonyl (C=O) groups is 3. The number of aromatic carboxylic acids is 1. The van der Waals surface area contributed by atoms with Gasteiger partial charge in [-0.15, -0.1) is 0 Å². The molecule has 0 aliphatic heterocycles. The second-order valence-electron chi connectivity index (χ2n) is 6.01. The lowest BCUT2D eigenvalue weighted by atomic mass is 9.90. The first-order chi connectivity index (χ1) is 12.8. The van der Waals surface area contributed by atoms with Crippen molar-refractivity contribution in [1.29, 1.82) is 0 Å². The van der Waals surface area contributed by atoms with E-state index in [-0.39, 0.29) is 41.0 Å². The normalized spacial score (nSPS) is 10.3. The number of aromatic hydroxyl groups is 1. The van der Waals surface area contributed by atoms with Crippen LogP contribution in [-0.4, -0.2) is 34.5 Å². The van der Waals surface area contributed by atoms with E-state index in [1.165, 1.54) is 19.1 Å². The van der Waals surface area contributed by atoms with Gasteiger partial charge in [-0.05, 0) is 31.9 Å². The molecule has 0 spiro atoms. The molecule has 2 aromatic rings. The maximum Gasteiger partial charge on any atom is 0.336 e. The Morgan fingerprint density at radius 2 is 1.74 bits per heavy atom. The van der Waals surface area contributed by atoms with Gasteiger partial charge in [0.2, 0.25) is 0 Å². The van der Waals surface area contributed by atoms with Crippen molar-refractivity contribution in [2.75, 3.05) is 6.61 Å². The van der Waals surface area contributed by atoms with Crippen molar-refractivity contribution in [3.8, 4) is 5.75 Å². The minimum Gasteiger partial charge on any atom is -0.508 e. The quantitative estimate of drug-likeness (QED) is 0.321. The molecule has 27 heavy (non-hydrogen) atoms. The summed E-state index contributed by atoms with van der Waals surface area (Å²) in [6.45, 7) is 5.07. The number of hydrogen-bond donors (Lipinski definition) is 2. The zero-order valence-electron chi connectivity index (χ0n) is 14.9. The van der Waals surface area contributed by atoms with E-state index in [2.05, 4.69) is 6.58 Å². The van der Waals surface area contributed by atoms with Gasteiger partial charge < -0.3 is 14.9 Å². The van der Waals surface area contributed by atoms with Crippen LogP contribution in [0.5, 0.6) is 5.75 Å². The first-order valence-corrected chi connectivity index (χ1v) is 8.33. The van der Waals surface area contributed by atoms with Crippen LogP contribution in [-0.2, 0) is 16.0 Å². The van der Waals surface area contributed by atoms with Crippen LogP contribution >= 0.6 is 0 Å². The predicted octanol–water partition coefficient (Wildman–Crippen LogP) is 3.37. The fourth-order valence-electron chi connectivity index (χ4n) is 2.60. The van der Waals surface area contributed by atoms with E-state index >= 15 is 0 Å². The van der Waals surface area contributed by atoms with E-state index in [1.807, 2.05) is 0 Å². The zero-order valence-corrected chi connectivity index (χ0v) is 14.9. The lowest BCUT2D eigenvalue weighted by molar-refractivity contribution is -0.139. The Balaban J connectivity index is 2.34. The summed E-state index contributed by atoms with van der Waals surface area (Å²) in [5.41, 5.74) is 0.567. The van der Waals surface area contributed by atoms with Crippen molar-refractivity contribution >= 4 is 17.7 Å². The third-order valence-corrected chi connectivity index (χ3v) is 3.93. The molecule has 6 nitrogen and oxygen atoms in total. The Hall–Kier alpha value is -3.41. The summed E-state index contributed by atoms with van der Waals surface area (Å²) in [6.07, 6.45) is 0.481. The van der Waals surface area contributed by atoms with Crippen LogP contribution in [0.3, 0.4) is 0 Å². The molecule has 2 N–H and O–H groups in total. The largest absolute Gasteiger partial charge is 0.508 e. The number of phenolic OH excluding ortho intramolecular Hbond substituents is 1. The molecule has 0 amide bonds. The summed E-state index contributed by atoms with van der Waals surface area (Å²) in [6, 6.07) is 10.7. The molecule has 6 heteroatoms. The first-order valence-electron chi connectivity index (χ1n) is 8.33. The van der Waals surface area contributed by atoms with Crippen LogP contribution in [0.2, 0.25) is 0 Å². The lowest BCUT2D eigenvalue weighted by Crippen LogP contribution is -2.14. The summed E-state index contributed by atoms with van der Waals surface area (Å²) in [4.78, 5) is 35.9. The molecule has 0 heterocycles. The fourth-order valence-corrected chi connectivity index (χ4v) is 2.60. The van der Waals surface area contributed by atoms with Crippen molar-refractivity contribution in [2.24, 2.45) is 0 Å². The number of hydrogen-bond acceptors (Lipinski definition) is 5. The van der Waals surface area contributed by atoms with Gasteiger partial charge in [-0.2, -0.15) is 0 Å². The molecule has 0 saturated carbocycles. The number of phenols is 1. The van der Waals surface area contributed by atoms with Gasteiger partial charge in [0.25, 0.3) is 0 Å². The van der Waals surface area contributed by atoms with Crippen molar-refractivity contribution in [2.45, 2.75) is 19.8 Å². The maximum atomic E-state index is 12.9. The summed E-state index contributed by atoms with van der Waals surface area (Å²) in [7, 11) is 0. The highest BCUT2D eigenvalue weighted by Gasteiger charge is 2.24. The molecule has 0 aliphatic rings. The highest BCUT2D eigenvalue weighted by molar-refractivity contribution is 6.15. The second-order valence-corrected chi connectivity index (χ2v) is 6.01. The molecule has 2 rings (SSSR count). The molecular weight excluding hydrogens is 348 g/mol. The van der Waals surface area contributed by atoms with Gasteiger partial charge in [0, 0.05) is 22.3 Å². The number of ketones is 1. The van der Waals surface area contributed by atoms with Gasteiger partial charge in [-0.1, -0.05) is 36.9 Å². The Morgan fingerprint density at radius 3 is 2.33 bits per heavy atom. The molecule has 0 fully saturated rings. The van der Waals surface area contributed by atoms with Crippen LogP contribution in [0, 0.1) is 0 Å². The van der Waals surface area contributed by atoms with Gasteiger partial charge in [0.05, 0.1) is 12.2 Å². The molecule has 0 unspecified atom stereocenters. The molecule has 0 atom stereocenters. The van der Waals surface area contributed by atoms with E-state index < -0.39 is 17.7 Å². The van der Waals surface area contributed by atoms with Gasteiger partial charge in [-0.25, -0.2) is 9.59 Å². The number of benzene rings is 2. The Bertz CT molecular complexity index is 883. The van der Waals surface area contributed by atoms with E-state index in [4.69, 9.17) is 4.74 Å². The number of carbonyl (C=O) groups excluding carboxylic acids is 2. The van der Waals surface area contributed by atoms with Crippen molar-refractivity contribution < 1.29 is 29.3 Å². The SMILES string of the molecule is C=C(C)C(=O)OCCCc1c(O)ccc(C(=O)O)c1C(=O)c1ccccc1. The van der Waals surface area contributed by atoms with E-state index in [9.17, 15) is 24.6 Å². The molecule has 140 valence electrons. The van der Waals surface area contributed by atoms with Crippen LogP contribution in [0.15, 0.2) is 54.6 Å². The summed E-state index contributed by atoms with van der Waals surface area (Å²) in [5, 5.41) is 19.7. The lowest BCUT2D eigenvalue weighted by Gasteiger charge is -2.14. The van der Waals surface area contributed by atoms with Gasteiger partial charge in [-0.3, -0.25) is 4.79 Å². The monoisotopic (exact) mass is 368 g/mol. The van der Waals surface area contributed by atoms with Crippen LogP contribution in [0.25, 0.3) is 0 Å². The number of esters is 1. The van der Waals surface area contributed by atoms with Gasteiger partial charge in [0.15, 0.2) is 5.78 Å². The average Bonchev–Trinajstić information content (AvgIpc) is 2.65. The molecule has 0 saturated heterocycles. The number of carboxylic acids is 1. The summed E-state index contributed by atoms with van der Waals surface area (Å²) in [5.74, 6) is -2.45. The molecule has 2 aromatic carbocycles. The van der Waals surface area contributed by atoms with Crippen LogP contribution < -0.4 is 0 Å². The van der Waals surface area contributed by atoms with Gasteiger partial charge in [0.1, 0.15) is 5.75 Å². The molecular formula is C21H20O6. The third kappa shape index (κ3) is 4.82. The summed E-state index contributed by atoms with van der Waals surface area (Å²) >= 11 is 0. The van der Waals surface area contributed by atoms with Crippen molar-refractivity contribution in [3.05, 3.63) is 76.9 Å². The molecule has 0 aliphatic carbocycles. The third-order valence-electron chi connectivity index (χ3n) is 3.93.